The fourth-order valence-electron chi connectivity index (χ4n) is 2.15. The average Bonchev–Trinajstić information content (AvgIpc) is 2.94. The van der Waals surface area contributed by atoms with E-state index >= 15 is 0 Å². The maximum absolute atomic E-state index is 6.03. The number of ether oxygens (including phenoxy) is 2. The van der Waals surface area contributed by atoms with E-state index in [0.29, 0.717) is 18.0 Å². The summed E-state index contributed by atoms with van der Waals surface area (Å²) in [6, 6.07) is 3.91. The minimum absolute atomic E-state index is 0.0800. The number of nitrogens with two attached hydrogens (primary N) is 1. The fraction of sp³-hybridized carbons (Fsp3) is 0.400. The summed E-state index contributed by atoms with van der Waals surface area (Å²) in [7, 11) is 3.24. The molecule has 0 fully saturated rings. The van der Waals surface area contributed by atoms with Gasteiger partial charge >= 0.3 is 0 Å². The van der Waals surface area contributed by atoms with Gasteiger partial charge in [0.1, 0.15) is 5.69 Å². The van der Waals surface area contributed by atoms with Crippen LogP contribution in [0, 0.1) is 0 Å². The van der Waals surface area contributed by atoms with Crippen molar-refractivity contribution in [2.75, 3.05) is 14.2 Å². The van der Waals surface area contributed by atoms with E-state index in [1.807, 2.05) is 12.3 Å². The lowest BCUT2D eigenvalue weighted by Gasteiger charge is -2.12. The number of hydrogen-bond donors (Lipinski definition) is 1. The minimum Gasteiger partial charge on any atom is -0.493 e. The molecule has 0 aliphatic carbocycles. The monoisotopic (exact) mass is 275 g/mol. The first kappa shape index (κ1) is 14.4. The van der Waals surface area contributed by atoms with Crippen molar-refractivity contribution < 1.29 is 9.47 Å². The van der Waals surface area contributed by atoms with Crippen molar-refractivity contribution in [3.05, 3.63) is 42.0 Å². The second kappa shape index (κ2) is 6.43. The van der Waals surface area contributed by atoms with Crippen molar-refractivity contribution in [3.8, 4) is 11.5 Å². The van der Waals surface area contributed by atoms with Crippen molar-refractivity contribution in [1.29, 1.82) is 0 Å². The molecule has 0 bridgehead atoms. The first-order valence-corrected chi connectivity index (χ1v) is 6.66. The number of hydrogen-bond acceptors (Lipinski definition) is 4. The zero-order valence-electron chi connectivity index (χ0n) is 12.2. The van der Waals surface area contributed by atoms with E-state index in [-0.39, 0.29) is 6.04 Å². The number of nitrogens with zero attached hydrogens (tertiary/aromatic N) is 2. The van der Waals surface area contributed by atoms with Gasteiger partial charge in [0.05, 0.1) is 20.8 Å². The predicted octanol–water partition coefficient (Wildman–Crippen LogP) is 2.36. The smallest absolute Gasteiger partial charge is 0.184 e. The molecule has 1 unspecified atom stereocenters. The van der Waals surface area contributed by atoms with E-state index in [0.717, 1.165) is 17.7 Å². The Labute approximate surface area is 119 Å². The third-order valence-electron chi connectivity index (χ3n) is 3.34. The molecular formula is C15H21N3O2. The molecule has 108 valence electrons. The van der Waals surface area contributed by atoms with Crippen LogP contribution in [0.1, 0.15) is 30.6 Å². The molecule has 2 rings (SSSR count). The third kappa shape index (κ3) is 2.93. The number of pyridine rings is 1. The highest BCUT2D eigenvalue weighted by atomic mass is 16.5. The lowest BCUT2D eigenvalue weighted by molar-refractivity contribution is 0.348. The molecule has 2 heterocycles. The molecule has 2 aromatic rings. The van der Waals surface area contributed by atoms with E-state index in [1.165, 1.54) is 0 Å². The van der Waals surface area contributed by atoms with Crippen LogP contribution in [0.5, 0.6) is 11.5 Å². The number of aromatic nitrogens is 2. The van der Waals surface area contributed by atoms with Crippen LogP contribution in [0.15, 0.2) is 30.7 Å². The highest BCUT2D eigenvalue weighted by Crippen LogP contribution is 2.29. The summed E-state index contributed by atoms with van der Waals surface area (Å²) in [6.07, 6.45) is 6.70. The first-order chi connectivity index (χ1) is 9.69. The lowest BCUT2D eigenvalue weighted by Crippen LogP contribution is -2.08. The highest BCUT2D eigenvalue weighted by Gasteiger charge is 2.12. The Morgan fingerprint density at radius 3 is 2.75 bits per heavy atom. The minimum atomic E-state index is 0.0800. The largest absolute Gasteiger partial charge is 0.493 e. The van der Waals surface area contributed by atoms with Gasteiger partial charge in [0, 0.05) is 30.7 Å². The molecule has 0 radical (unpaired) electrons. The van der Waals surface area contributed by atoms with Gasteiger partial charge in [-0.15, -0.1) is 0 Å². The van der Waals surface area contributed by atoms with E-state index in [1.54, 1.807) is 26.5 Å². The van der Waals surface area contributed by atoms with Gasteiger partial charge in [0.15, 0.2) is 11.5 Å². The van der Waals surface area contributed by atoms with Gasteiger partial charge in [-0.05, 0) is 18.1 Å². The van der Waals surface area contributed by atoms with Gasteiger partial charge in [-0.3, -0.25) is 4.98 Å². The number of rotatable bonds is 6. The maximum atomic E-state index is 6.03. The normalized spacial score (nSPS) is 12.2. The van der Waals surface area contributed by atoms with Gasteiger partial charge in [0.25, 0.3) is 0 Å². The van der Waals surface area contributed by atoms with Crippen molar-refractivity contribution in [2.45, 2.75) is 25.9 Å². The van der Waals surface area contributed by atoms with Crippen LogP contribution in [0.3, 0.4) is 0 Å². The summed E-state index contributed by atoms with van der Waals surface area (Å²) in [6.45, 7) is 2.70. The molecule has 0 saturated carbocycles. The van der Waals surface area contributed by atoms with Gasteiger partial charge < -0.3 is 19.8 Å². The summed E-state index contributed by atoms with van der Waals surface area (Å²) in [5.41, 5.74) is 8.00. The summed E-state index contributed by atoms with van der Waals surface area (Å²) in [5, 5.41) is 0. The molecule has 0 amide bonds. The van der Waals surface area contributed by atoms with Crippen LogP contribution >= 0.6 is 0 Å². The highest BCUT2D eigenvalue weighted by molar-refractivity contribution is 5.42. The maximum Gasteiger partial charge on any atom is 0.184 e. The average molecular weight is 275 g/mol. The van der Waals surface area contributed by atoms with Crippen LogP contribution in [0.4, 0.5) is 0 Å². The van der Waals surface area contributed by atoms with Gasteiger partial charge in [-0.1, -0.05) is 6.92 Å². The zero-order chi connectivity index (χ0) is 14.5. The Balaban J connectivity index is 2.24. The second-order valence-corrected chi connectivity index (χ2v) is 4.63. The van der Waals surface area contributed by atoms with E-state index in [4.69, 9.17) is 15.2 Å². The Morgan fingerprint density at radius 1 is 1.30 bits per heavy atom. The van der Waals surface area contributed by atoms with Crippen molar-refractivity contribution >= 4 is 0 Å². The molecule has 0 aliphatic heterocycles. The van der Waals surface area contributed by atoms with Gasteiger partial charge in [0.2, 0.25) is 0 Å². The van der Waals surface area contributed by atoms with Crippen LogP contribution < -0.4 is 15.2 Å². The van der Waals surface area contributed by atoms with Gasteiger partial charge in [-0.2, -0.15) is 0 Å². The van der Waals surface area contributed by atoms with Crippen LogP contribution in [-0.4, -0.2) is 23.8 Å². The van der Waals surface area contributed by atoms with E-state index in [9.17, 15) is 0 Å². The van der Waals surface area contributed by atoms with Crippen LogP contribution in [0.2, 0.25) is 0 Å². The second-order valence-electron chi connectivity index (χ2n) is 4.63. The lowest BCUT2D eigenvalue weighted by atomic mass is 10.1. The molecular weight excluding hydrogens is 254 g/mol. The SMILES string of the molecule is CCC(N)c1ccn(Cc2nccc(OC)c2OC)c1. The molecule has 5 nitrogen and oxygen atoms in total. The molecule has 20 heavy (non-hydrogen) atoms. The molecule has 5 heteroatoms. The van der Waals surface area contributed by atoms with Crippen molar-refractivity contribution in [3.63, 3.8) is 0 Å². The van der Waals surface area contributed by atoms with Crippen molar-refractivity contribution in [2.24, 2.45) is 5.73 Å². The summed E-state index contributed by atoms with van der Waals surface area (Å²) >= 11 is 0. The Morgan fingerprint density at radius 2 is 2.10 bits per heavy atom. The molecule has 0 saturated heterocycles. The Bertz CT molecular complexity index is 566. The van der Waals surface area contributed by atoms with Crippen molar-refractivity contribution in [1.82, 2.24) is 9.55 Å². The predicted molar refractivity (Wildman–Crippen MR) is 78.1 cm³/mol. The quantitative estimate of drug-likeness (QED) is 0.879. The standard InChI is InChI=1S/C15H21N3O2/c1-4-12(16)11-6-8-18(9-11)10-13-15(20-3)14(19-2)5-7-17-13/h5-9,12H,4,10,16H2,1-3H3. The molecule has 1 atom stereocenters. The molecule has 2 aromatic heterocycles. The molecule has 0 spiro atoms. The molecule has 0 aromatic carbocycles. The van der Waals surface area contributed by atoms with Crippen LogP contribution in [0.25, 0.3) is 0 Å². The number of methoxy groups -OCH3 is 2. The van der Waals surface area contributed by atoms with E-state index < -0.39 is 0 Å². The topological polar surface area (TPSA) is 62.3 Å². The van der Waals surface area contributed by atoms with Gasteiger partial charge in [-0.25, -0.2) is 0 Å². The molecule has 0 aliphatic rings. The fourth-order valence-corrected chi connectivity index (χ4v) is 2.15. The summed E-state index contributed by atoms with van der Waals surface area (Å²) in [4.78, 5) is 4.37. The first-order valence-electron chi connectivity index (χ1n) is 6.66. The molecule has 2 N–H and O–H groups in total. The Kier molecular flexibility index (Phi) is 4.63. The zero-order valence-corrected chi connectivity index (χ0v) is 12.2. The Hall–Kier alpha value is -2.01. The van der Waals surface area contributed by atoms with Crippen LogP contribution in [-0.2, 0) is 6.54 Å². The summed E-state index contributed by atoms with van der Waals surface area (Å²) in [5.74, 6) is 1.36. The van der Waals surface area contributed by atoms with E-state index in [2.05, 4.69) is 22.7 Å². The summed E-state index contributed by atoms with van der Waals surface area (Å²) < 4.78 is 12.7. The third-order valence-corrected chi connectivity index (χ3v) is 3.34.